The monoisotopic (exact) mass is 398 g/mol. The number of fused-ring (bicyclic) bond motifs is 1. The van der Waals surface area contributed by atoms with Gasteiger partial charge in [-0.25, -0.2) is 15.0 Å². The number of H-pyrrole nitrogens is 1. The first-order valence-electron chi connectivity index (χ1n) is 10.7. The van der Waals surface area contributed by atoms with Crippen LogP contribution in [0.4, 0.5) is 0 Å². The van der Waals surface area contributed by atoms with E-state index in [1.807, 2.05) is 11.1 Å². The second-order valence-electron chi connectivity index (χ2n) is 8.46. The van der Waals surface area contributed by atoms with E-state index in [9.17, 15) is 4.79 Å². The first-order chi connectivity index (χ1) is 14.1. The quantitative estimate of drug-likeness (QED) is 0.801. The maximum Gasteiger partial charge on any atom is 0.230 e. The van der Waals surface area contributed by atoms with E-state index in [4.69, 9.17) is 9.72 Å². The number of nitrogens with zero attached hydrogens (tertiary/aromatic N) is 5. The molecule has 2 aromatic heterocycles. The van der Waals surface area contributed by atoms with E-state index in [-0.39, 0.29) is 12.3 Å². The lowest BCUT2D eigenvalue weighted by Gasteiger charge is -2.28. The minimum absolute atomic E-state index is 0.0641. The number of hydrogen-bond donors (Lipinski definition) is 1. The fourth-order valence-corrected chi connectivity index (χ4v) is 3.89. The zero-order valence-corrected chi connectivity index (χ0v) is 17.4. The number of aromatic amines is 1. The van der Waals surface area contributed by atoms with Gasteiger partial charge in [-0.1, -0.05) is 13.8 Å². The average molecular weight is 399 g/mol. The molecule has 4 heterocycles. The Morgan fingerprint density at radius 1 is 1.31 bits per heavy atom. The third-order valence-corrected chi connectivity index (χ3v) is 5.74. The minimum atomic E-state index is 0.0641. The molecule has 29 heavy (non-hydrogen) atoms. The molecule has 1 N–H and O–H groups in total. The Labute approximate surface area is 171 Å². The molecule has 8 nitrogen and oxygen atoms in total. The SMILES string of the molecule is CC(C)CCc1ncc2c(n1)CCN(C(=O)Cc1nc(C3CCOCC3)n[nH]1)C2. The van der Waals surface area contributed by atoms with Gasteiger partial charge < -0.3 is 9.64 Å². The van der Waals surface area contributed by atoms with Crippen molar-refractivity contribution < 1.29 is 9.53 Å². The maximum atomic E-state index is 12.8. The van der Waals surface area contributed by atoms with E-state index in [0.717, 1.165) is 68.2 Å². The highest BCUT2D eigenvalue weighted by Gasteiger charge is 2.25. The first-order valence-corrected chi connectivity index (χ1v) is 10.7. The molecule has 2 aromatic rings. The Hall–Kier alpha value is -2.35. The van der Waals surface area contributed by atoms with Gasteiger partial charge in [0.05, 0.1) is 12.1 Å². The molecule has 1 fully saturated rings. The van der Waals surface area contributed by atoms with Crippen molar-refractivity contribution in [3.63, 3.8) is 0 Å². The number of aromatic nitrogens is 5. The fourth-order valence-electron chi connectivity index (χ4n) is 3.89. The van der Waals surface area contributed by atoms with Gasteiger partial charge in [0.1, 0.15) is 11.6 Å². The van der Waals surface area contributed by atoms with Crippen LogP contribution in [0.3, 0.4) is 0 Å². The van der Waals surface area contributed by atoms with Crippen LogP contribution in [-0.4, -0.2) is 55.7 Å². The number of carbonyl (C=O) groups is 1. The van der Waals surface area contributed by atoms with Crippen molar-refractivity contribution >= 4 is 5.91 Å². The highest BCUT2D eigenvalue weighted by molar-refractivity contribution is 5.78. The molecule has 1 saturated heterocycles. The van der Waals surface area contributed by atoms with Gasteiger partial charge in [-0.3, -0.25) is 9.89 Å². The normalized spacial score (nSPS) is 17.6. The van der Waals surface area contributed by atoms with Gasteiger partial charge in [0.2, 0.25) is 5.91 Å². The molecule has 0 saturated carbocycles. The van der Waals surface area contributed by atoms with Crippen LogP contribution in [0.2, 0.25) is 0 Å². The summed E-state index contributed by atoms with van der Waals surface area (Å²) in [6.07, 6.45) is 6.81. The van der Waals surface area contributed by atoms with Crippen molar-refractivity contribution in [2.75, 3.05) is 19.8 Å². The second-order valence-corrected chi connectivity index (χ2v) is 8.46. The summed E-state index contributed by atoms with van der Waals surface area (Å²) in [4.78, 5) is 28.5. The summed E-state index contributed by atoms with van der Waals surface area (Å²) in [5, 5.41) is 7.28. The zero-order chi connectivity index (χ0) is 20.2. The zero-order valence-electron chi connectivity index (χ0n) is 17.4. The topological polar surface area (TPSA) is 96.9 Å². The molecule has 0 aromatic carbocycles. The standard InChI is InChI=1S/C21H30N6O2/c1-14(2)3-4-18-22-12-16-13-27(8-5-17(16)23-18)20(28)11-19-24-21(26-25-19)15-6-9-29-10-7-15/h12,14-15H,3-11,13H2,1-2H3,(H,24,25,26). The number of amides is 1. The molecule has 2 aliphatic heterocycles. The largest absolute Gasteiger partial charge is 0.381 e. The molecule has 0 bridgehead atoms. The molecule has 8 heteroatoms. The first kappa shape index (κ1) is 19.9. The van der Waals surface area contributed by atoms with Gasteiger partial charge in [0.25, 0.3) is 0 Å². The van der Waals surface area contributed by atoms with Crippen molar-refractivity contribution in [3.8, 4) is 0 Å². The fraction of sp³-hybridized carbons (Fsp3) is 0.667. The summed E-state index contributed by atoms with van der Waals surface area (Å²) >= 11 is 0. The lowest BCUT2D eigenvalue weighted by molar-refractivity contribution is -0.131. The third kappa shape index (κ3) is 4.98. The molecule has 0 atom stereocenters. The summed E-state index contributed by atoms with van der Waals surface area (Å²) in [7, 11) is 0. The van der Waals surface area contributed by atoms with Crippen LogP contribution in [0.15, 0.2) is 6.20 Å². The number of aryl methyl sites for hydroxylation is 1. The number of nitrogens with one attached hydrogen (secondary N) is 1. The Morgan fingerprint density at radius 2 is 2.14 bits per heavy atom. The number of carbonyl (C=O) groups excluding carboxylic acids is 1. The van der Waals surface area contributed by atoms with E-state index in [0.29, 0.717) is 30.7 Å². The van der Waals surface area contributed by atoms with Crippen molar-refractivity contribution in [1.29, 1.82) is 0 Å². The van der Waals surface area contributed by atoms with Crippen LogP contribution < -0.4 is 0 Å². The number of ether oxygens (including phenoxy) is 1. The molecule has 0 unspecified atom stereocenters. The van der Waals surface area contributed by atoms with Crippen molar-refractivity contribution in [2.24, 2.45) is 5.92 Å². The van der Waals surface area contributed by atoms with Gasteiger partial charge in [-0.15, -0.1) is 0 Å². The van der Waals surface area contributed by atoms with E-state index in [2.05, 4.69) is 34.0 Å². The smallest absolute Gasteiger partial charge is 0.230 e. The molecule has 4 rings (SSSR count). The second kappa shape index (κ2) is 8.98. The van der Waals surface area contributed by atoms with Gasteiger partial charge in [-0.2, -0.15) is 5.10 Å². The molecule has 1 amide bonds. The van der Waals surface area contributed by atoms with Crippen LogP contribution in [0.1, 0.15) is 67.8 Å². The van der Waals surface area contributed by atoms with Crippen molar-refractivity contribution in [2.45, 2.75) is 64.8 Å². The summed E-state index contributed by atoms with van der Waals surface area (Å²) in [5.74, 6) is 3.40. The Balaban J connectivity index is 1.34. The molecule has 0 spiro atoms. The predicted molar refractivity (Wildman–Crippen MR) is 107 cm³/mol. The summed E-state index contributed by atoms with van der Waals surface area (Å²) in [6.45, 7) is 7.18. The van der Waals surface area contributed by atoms with Crippen LogP contribution >= 0.6 is 0 Å². The van der Waals surface area contributed by atoms with Gasteiger partial charge in [-0.05, 0) is 25.2 Å². The van der Waals surface area contributed by atoms with E-state index < -0.39 is 0 Å². The van der Waals surface area contributed by atoms with Gasteiger partial charge in [0, 0.05) is 56.8 Å². The van der Waals surface area contributed by atoms with E-state index in [1.54, 1.807) is 0 Å². The molecular formula is C21H30N6O2. The van der Waals surface area contributed by atoms with E-state index >= 15 is 0 Å². The van der Waals surface area contributed by atoms with Crippen molar-refractivity contribution in [1.82, 2.24) is 30.0 Å². The summed E-state index contributed by atoms with van der Waals surface area (Å²) < 4.78 is 5.40. The van der Waals surface area contributed by atoms with E-state index in [1.165, 1.54) is 0 Å². The predicted octanol–water partition coefficient (Wildman–Crippen LogP) is 2.20. The van der Waals surface area contributed by atoms with Crippen LogP contribution in [0.25, 0.3) is 0 Å². The van der Waals surface area contributed by atoms with Crippen LogP contribution in [0.5, 0.6) is 0 Å². The number of hydrogen-bond acceptors (Lipinski definition) is 6. The summed E-state index contributed by atoms with van der Waals surface area (Å²) in [6, 6.07) is 0. The molecule has 0 radical (unpaired) electrons. The lowest BCUT2D eigenvalue weighted by Crippen LogP contribution is -2.37. The number of rotatable bonds is 6. The highest BCUT2D eigenvalue weighted by atomic mass is 16.5. The Morgan fingerprint density at radius 3 is 2.93 bits per heavy atom. The molecular weight excluding hydrogens is 368 g/mol. The molecule has 0 aliphatic carbocycles. The van der Waals surface area contributed by atoms with Gasteiger partial charge >= 0.3 is 0 Å². The maximum absolute atomic E-state index is 12.8. The average Bonchev–Trinajstić information content (AvgIpc) is 3.21. The minimum Gasteiger partial charge on any atom is -0.381 e. The third-order valence-electron chi connectivity index (χ3n) is 5.74. The Bertz CT molecular complexity index is 843. The molecule has 156 valence electrons. The molecule has 2 aliphatic rings. The van der Waals surface area contributed by atoms with Crippen LogP contribution in [0, 0.1) is 5.92 Å². The van der Waals surface area contributed by atoms with Crippen molar-refractivity contribution in [3.05, 3.63) is 34.9 Å². The van der Waals surface area contributed by atoms with Gasteiger partial charge in [0.15, 0.2) is 5.82 Å². The van der Waals surface area contributed by atoms with Crippen LogP contribution in [-0.2, 0) is 35.3 Å². The Kier molecular flexibility index (Phi) is 6.18. The highest BCUT2D eigenvalue weighted by Crippen LogP contribution is 2.24. The summed E-state index contributed by atoms with van der Waals surface area (Å²) in [5.41, 5.74) is 2.14. The lowest BCUT2D eigenvalue weighted by atomic mass is 10.00.